The van der Waals surface area contributed by atoms with E-state index in [1.165, 1.54) is 23.3 Å². The molecule has 0 unspecified atom stereocenters. The number of fused-ring (bicyclic) bond motifs is 1. The molecule has 0 atom stereocenters. The van der Waals surface area contributed by atoms with Gasteiger partial charge in [0.25, 0.3) is 5.69 Å². The van der Waals surface area contributed by atoms with Crippen LogP contribution in [0.3, 0.4) is 0 Å². The molecule has 2 aromatic rings. The highest BCUT2D eigenvalue weighted by Crippen LogP contribution is 2.39. The van der Waals surface area contributed by atoms with E-state index in [-0.39, 0.29) is 11.1 Å². The SMILES string of the molecule is Cc1ccc2c(c1)C(C)(C)C(/C=N/N(C)c1ccc([N+](=O)[O-])cc1)=N2. The summed E-state index contributed by atoms with van der Waals surface area (Å²) in [4.78, 5) is 15.0. The molecular weight excluding hydrogens is 316 g/mol. The van der Waals surface area contributed by atoms with Gasteiger partial charge in [0.05, 0.1) is 28.2 Å². The van der Waals surface area contributed by atoms with Gasteiger partial charge in [-0.3, -0.25) is 20.1 Å². The number of non-ortho nitro benzene ring substituents is 1. The van der Waals surface area contributed by atoms with Crippen LogP contribution in [0.15, 0.2) is 52.6 Å². The maximum absolute atomic E-state index is 10.7. The molecule has 0 saturated carbocycles. The molecule has 1 heterocycles. The Kier molecular flexibility index (Phi) is 4.12. The van der Waals surface area contributed by atoms with Gasteiger partial charge >= 0.3 is 0 Å². The Morgan fingerprint density at radius 3 is 2.52 bits per heavy atom. The maximum Gasteiger partial charge on any atom is 0.269 e. The van der Waals surface area contributed by atoms with Gasteiger partial charge in [0.2, 0.25) is 0 Å². The molecule has 6 heteroatoms. The average molecular weight is 336 g/mol. The molecule has 0 bridgehead atoms. The molecule has 128 valence electrons. The lowest BCUT2D eigenvalue weighted by molar-refractivity contribution is -0.384. The number of hydrogen-bond donors (Lipinski definition) is 0. The van der Waals surface area contributed by atoms with Gasteiger partial charge in [0.1, 0.15) is 0 Å². The lowest BCUT2D eigenvalue weighted by Crippen LogP contribution is -2.27. The quantitative estimate of drug-likeness (QED) is 0.472. The van der Waals surface area contributed by atoms with Crippen molar-refractivity contribution in [1.82, 2.24) is 0 Å². The Hall–Kier alpha value is -3.02. The van der Waals surface area contributed by atoms with E-state index in [1.54, 1.807) is 30.4 Å². The number of anilines is 1. The van der Waals surface area contributed by atoms with Gasteiger partial charge in [-0.2, -0.15) is 5.10 Å². The molecule has 1 aliphatic heterocycles. The van der Waals surface area contributed by atoms with Crippen molar-refractivity contribution >= 4 is 29.0 Å². The third kappa shape index (κ3) is 3.15. The first-order valence-corrected chi connectivity index (χ1v) is 8.01. The molecule has 0 spiro atoms. The van der Waals surface area contributed by atoms with Gasteiger partial charge in [0, 0.05) is 24.6 Å². The number of rotatable bonds is 4. The molecule has 2 aromatic carbocycles. The van der Waals surface area contributed by atoms with Crippen molar-refractivity contribution in [1.29, 1.82) is 0 Å². The predicted octanol–water partition coefficient (Wildman–Crippen LogP) is 4.39. The van der Waals surface area contributed by atoms with Crippen LogP contribution >= 0.6 is 0 Å². The zero-order valence-electron chi connectivity index (χ0n) is 14.7. The fourth-order valence-corrected chi connectivity index (χ4v) is 2.84. The van der Waals surface area contributed by atoms with Crippen LogP contribution in [0, 0.1) is 17.0 Å². The van der Waals surface area contributed by atoms with Crippen LogP contribution in [-0.2, 0) is 5.41 Å². The molecular formula is C19H20N4O2. The number of nitrogens with zero attached hydrogens (tertiary/aromatic N) is 4. The van der Waals surface area contributed by atoms with E-state index in [2.05, 4.69) is 38.0 Å². The average Bonchev–Trinajstić information content (AvgIpc) is 2.83. The Morgan fingerprint density at radius 1 is 1.20 bits per heavy atom. The van der Waals surface area contributed by atoms with Crippen molar-refractivity contribution in [2.45, 2.75) is 26.2 Å². The summed E-state index contributed by atoms with van der Waals surface area (Å²) < 4.78 is 0. The number of hydrogen-bond acceptors (Lipinski definition) is 5. The second-order valence-electron chi connectivity index (χ2n) is 6.68. The fourth-order valence-electron chi connectivity index (χ4n) is 2.84. The number of nitro groups is 1. The standard InChI is InChI=1S/C19H20N4O2/c1-13-5-10-17-16(11-13)19(2,3)18(21-17)12-20-22(4)14-6-8-15(9-7-14)23(24)25/h5-12H,1-4H3/b20-12+. The molecule has 0 radical (unpaired) electrons. The number of nitro benzene ring substituents is 1. The summed E-state index contributed by atoms with van der Waals surface area (Å²) >= 11 is 0. The second-order valence-corrected chi connectivity index (χ2v) is 6.68. The first kappa shape index (κ1) is 16.8. The van der Waals surface area contributed by atoms with E-state index < -0.39 is 4.92 Å². The lowest BCUT2D eigenvalue weighted by Gasteiger charge is -2.21. The fraction of sp³-hybridized carbons (Fsp3) is 0.263. The van der Waals surface area contributed by atoms with Gasteiger partial charge < -0.3 is 0 Å². The highest BCUT2D eigenvalue weighted by atomic mass is 16.6. The second kappa shape index (κ2) is 6.12. The van der Waals surface area contributed by atoms with Crippen molar-refractivity contribution in [3.05, 3.63) is 63.7 Å². The van der Waals surface area contributed by atoms with Crippen molar-refractivity contribution in [2.75, 3.05) is 12.1 Å². The summed E-state index contributed by atoms with van der Waals surface area (Å²) in [5.74, 6) is 0. The molecule has 1 aliphatic rings. The molecule has 0 fully saturated rings. The normalized spacial score (nSPS) is 15.1. The smallest absolute Gasteiger partial charge is 0.269 e. The molecule has 6 nitrogen and oxygen atoms in total. The van der Waals surface area contributed by atoms with E-state index in [0.717, 1.165) is 17.1 Å². The number of benzene rings is 2. The first-order chi connectivity index (χ1) is 11.8. The minimum Gasteiger partial charge on any atom is -0.269 e. The molecule has 0 amide bonds. The van der Waals surface area contributed by atoms with Crippen molar-refractivity contribution in [3.63, 3.8) is 0 Å². The third-order valence-corrected chi connectivity index (χ3v) is 4.49. The minimum absolute atomic E-state index is 0.0632. The van der Waals surface area contributed by atoms with Gasteiger partial charge in [-0.15, -0.1) is 0 Å². The van der Waals surface area contributed by atoms with Gasteiger partial charge in [-0.25, -0.2) is 0 Å². The largest absolute Gasteiger partial charge is 0.269 e. The Bertz CT molecular complexity index is 883. The number of aliphatic imine (C=N–C) groups is 1. The van der Waals surface area contributed by atoms with Crippen LogP contribution < -0.4 is 5.01 Å². The minimum atomic E-state index is -0.415. The highest BCUT2D eigenvalue weighted by Gasteiger charge is 2.34. The van der Waals surface area contributed by atoms with Crippen LogP contribution in [0.2, 0.25) is 0 Å². The first-order valence-electron chi connectivity index (χ1n) is 8.01. The van der Waals surface area contributed by atoms with Crippen molar-refractivity contribution in [2.24, 2.45) is 10.1 Å². The van der Waals surface area contributed by atoms with E-state index in [1.807, 2.05) is 6.07 Å². The maximum atomic E-state index is 10.7. The molecule has 25 heavy (non-hydrogen) atoms. The number of hydrazone groups is 1. The van der Waals surface area contributed by atoms with Crippen LogP contribution in [0.25, 0.3) is 0 Å². The molecule has 0 N–H and O–H groups in total. The summed E-state index contributed by atoms with van der Waals surface area (Å²) in [6, 6.07) is 12.5. The monoisotopic (exact) mass is 336 g/mol. The lowest BCUT2D eigenvalue weighted by atomic mass is 9.81. The van der Waals surface area contributed by atoms with Crippen LogP contribution in [0.5, 0.6) is 0 Å². The van der Waals surface area contributed by atoms with E-state index in [0.29, 0.717) is 0 Å². The van der Waals surface area contributed by atoms with Crippen LogP contribution in [0.1, 0.15) is 25.0 Å². The van der Waals surface area contributed by atoms with E-state index in [4.69, 9.17) is 4.99 Å². The zero-order valence-corrected chi connectivity index (χ0v) is 14.7. The van der Waals surface area contributed by atoms with E-state index >= 15 is 0 Å². The van der Waals surface area contributed by atoms with Gasteiger partial charge in [-0.05, 0) is 30.7 Å². The summed E-state index contributed by atoms with van der Waals surface area (Å²) in [6.45, 7) is 6.34. The van der Waals surface area contributed by atoms with Crippen LogP contribution in [0.4, 0.5) is 17.1 Å². The summed E-state index contributed by atoms with van der Waals surface area (Å²) in [5, 5.41) is 16.9. The van der Waals surface area contributed by atoms with Gasteiger partial charge in [0.15, 0.2) is 0 Å². The topological polar surface area (TPSA) is 71.1 Å². The van der Waals surface area contributed by atoms with E-state index in [9.17, 15) is 10.1 Å². The van der Waals surface area contributed by atoms with Gasteiger partial charge in [-0.1, -0.05) is 31.5 Å². The Morgan fingerprint density at radius 2 is 1.88 bits per heavy atom. The van der Waals surface area contributed by atoms with Crippen molar-refractivity contribution < 1.29 is 4.92 Å². The van der Waals surface area contributed by atoms with Crippen LogP contribution in [-0.4, -0.2) is 23.9 Å². The highest BCUT2D eigenvalue weighted by molar-refractivity contribution is 6.36. The summed E-state index contributed by atoms with van der Waals surface area (Å²) in [6.07, 6.45) is 1.76. The molecule has 0 aliphatic carbocycles. The Labute approximate surface area is 146 Å². The van der Waals surface area contributed by atoms with Crippen molar-refractivity contribution in [3.8, 4) is 0 Å². The number of aryl methyl sites for hydroxylation is 1. The Balaban J connectivity index is 1.81. The summed E-state index contributed by atoms with van der Waals surface area (Å²) in [7, 11) is 1.80. The zero-order chi connectivity index (χ0) is 18.2. The molecule has 3 rings (SSSR count). The predicted molar refractivity (Wildman–Crippen MR) is 101 cm³/mol. The third-order valence-electron chi connectivity index (χ3n) is 4.49. The summed E-state index contributed by atoms with van der Waals surface area (Å²) in [5.41, 5.74) is 4.91. The molecule has 0 saturated heterocycles. The molecule has 0 aromatic heterocycles.